The lowest BCUT2D eigenvalue weighted by Crippen LogP contribution is -2.34. The van der Waals surface area contributed by atoms with E-state index in [0.29, 0.717) is 5.82 Å². The van der Waals surface area contributed by atoms with Gasteiger partial charge in [-0.25, -0.2) is 4.98 Å². The number of unbranched alkanes of at least 4 members (excludes halogenated alkanes) is 1. The third-order valence-corrected chi connectivity index (χ3v) is 3.73. The number of amides is 1. The smallest absolute Gasteiger partial charge is 0.223 e. The molecule has 5 heteroatoms. The summed E-state index contributed by atoms with van der Waals surface area (Å²) < 4.78 is 0. The van der Waals surface area contributed by atoms with Crippen LogP contribution in [0.5, 0.6) is 0 Å². The molecule has 118 valence electrons. The summed E-state index contributed by atoms with van der Waals surface area (Å²) in [6.07, 6.45) is 3.06. The number of nitrogens with one attached hydrogen (secondary N) is 2. The van der Waals surface area contributed by atoms with Crippen LogP contribution < -0.4 is 5.32 Å². The molecule has 0 radical (unpaired) electrons. The van der Waals surface area contributed by atoms with E-state index in [0.717, 1.165) is 30.7 Å². The minimum absolute atomic E-state index is 0.00815. The zero-order chi connectivity index (χ0) is 15.9. The molecule has 0 aliphatic heterocycles. The van der Waals surface area contributed by atoms with E-state index < -0.39 is 0 Å². The summed E-state index contributed by atoms with van der Waals surface area (Å²) in [4.78, 5) is 16.8. The third-order valence-electron chi connectivity index (χ3n) is 3.73. The summed E-state index contributed by atoms with van der Waals surface area (Å²) in [5.41, 5.74) is 0.984. The second kappa shape index (κ2) is 7.73. The average molecular weight is 300 g/mol. The van der Waals surface area contributed by atoms with E-state index in [-0.39, 0.29) is 17.9 Å². The molecule has 2 N–H and O–H groups in total. The van der Waals surface area contributed by atoms with E-state index in [9.17, 15) is 4.79 Å². The van der Waals surface area contributed by atoms with Gasteiger partial charge in [-0.2, -0.15) is 5.10 Å². The van der Waals surface area contributed by atoms with E-state index in [2.05, 4.69) is 27.4 Å². The molecule has 0 spiro atoms. The highest BCUT2D eigenvalue weighted by molar-refractivity contribution is 5.79. The molecular weight excluding hydrogens is 276 g/mol. The molecule has 2 unspecified atom stereocenters. The van der Waals surface area contributed by atoms with Gasteiger partial charge in [0.1, 0.15) is 11.9 Å². The Morgan fingerprint density at radius 3 is 2.64 bits per heavy atom. The van der Waals surface area contributed by atoms with Gasteiger partial charge in [0.2, 0.25) is 5.91 Å². The monoisotopic (exact) mass is 300 g/mol. The fourth-order valence-corrected chi connectivity index (χ4v) is 2.36. The van der Waals surface area contributed by atoms with Crippen molar-refractivity contribution < 1.29 is 4.79 Å². The van der Waals surface area contributed by atoms with Gasteiger partial charge in [-0.1, -0.05) is 57.0 Å². The zero-order valence-corrected chi connectivity index (χ0v) is 13.5. The molecule has 1 heterocycles. The maximum atomic E-state index is 12.4. The molecule has 0 saturated carbocycles. The van der Waals surface area contributed by atoms with Gasteiger partial charge < -0.3 is 5.32 Å². The van der Waals surface area contributed by atoms with Crippen molar-refractivity contribution in [1.29, 1.82) is 0 Å². The first kappa shape index (κ1) is 16.2. The average Bonchev–Trinajstić information content (AvgIpc) is 2.97. The zero-order valence-electron chi connectivity index (χ0n) is 13.5. The molecule has 0 bridgehead atoms. The summed E-state index contributed by atoms with van der Waals surface area (Å²) in [5, 5.41) is 10.1. The number of aromatic amines is 1. The van der Waals surface area contributed by atoms with Crippen LogP contribution in [0.4, 0.5) is 0 Å². The molecule has 0 aliphatic carbocycles. The van der Waals surface area contributed by atoms with Crippen molar-refractivity contribution in [2.24, 2.45) is 5.92 Å². The minimum atomic E-state index is -0.317. The lowest BCUT2D eigenvalue weighted by Gasteiger charge is -2.19. The number of benzene rings is 1. The predicted molar refractivity (Wildman–Crippen MR) is 86.2 cm³/mol. The van der Waals surface area contributed by atoms with Crippen LogP contribution in [0.25, 0.3) is 0 Å². The number of hydrogen-bond donors (Lipinski definition) is 2. The number of H-pyrrole nitrogens is 1. The van der Waals surface area contributed by atoms with Gasteiger partial charge in [-0.3, -0.25) is 9.89 Å². The number of carbonyl (C=O) groups is 1. The van der Waals surface area contributed by atoms with Crippen molar-refractivity contribution >= 4 is 5.91 Å². The SMILES string of the molecule is CCCCC(C)C(=O)NC(c1ccccc1)c1n[nH]c(C)n1. The van der Waals surface area contributed by atoms with Gasteiger partial charge in [-0.15, -0.1) is 0 Å². The standard InChI is InChI=1S/C17H24N4O/c1-4-5-9-12(2)17(22)19-15(14-10-7-6-8-11-14)16-18-13(3)20-21-16/h6-8,10-12,15H,4-5,9H2,1-3H3,(H,19,22)(H,18,20,21). The molecule has 5 nitrogen and oxygen atoms in total. The van der Waals surface area contributed by atoms with Crippen LogP contribution in [0.3, 0.4) is 0 Å². The third kappa shape index (κ3) is 4.16. The lowest BCUT2D eigenvalue weighted by molar-refractivity contribution is -0.125. The van der Waals surface area contributed by atoms with Gasteiger partial charge in [0, 0.05) is 5.92 Å². The fraction of sp³-hybridized carbons (Fsp3) is 0.471. The minimum Gasteiger partial charge on any atom is -0.342 e. The first-order chi connectivity index (χ1) is 10.6. The maximum Gasteiger partial charge on any atom is 0.223 e. The number of aromatic nitrogens is 3. The van der Waals surface area contributed by atoms with Crippen molar-refractivity contribution in [3.05, 3.63) is 47.5 Å². The maximum absolute atomic E-state index is 12.4. The topological polar surface area (TPSA) is 70.7 Å². The first-order valence-corrected chi connectivity index (χ1v) is 7.86. The molecule has 1 amide bonds. The summed E-state index contributed by atoms with van der Waals surface area (Å²) >= 11 is 0. The largest absolute Gasteiger partial charge is 0.342 e. The van der Waals surface area contributed by atoms with Crippen molar-refractivity contribution in [2.75, 3.05) is 0 Å². The van der Waals surface area contributed by atoms with Gasteiger partial charge in [0.15, 0.2) is 5.82 Å². The number of nitrogens with zero attached hydrogens (tertiary/aromatic N) is 2. The molecule has 0 fully saturated rings. The Labute approximate surface area is 131 Å². The number of rotatable bonds is 7. The van der Waals surface area contributed by atoms with Gasteiger partial charge in [-0.05, 0) is 18.9 Å². The highest BCUT2D eigenvalue weighted by Crippen LogP contribution is 2.20. The normalized spacial score (nSPS) is 13.6. The van der Waals surface area contributed by atoms with Crippen molar-refractivity contribution in [2.45, 2.75) is 46.1 Å². The highest BCUT2D eigenvalue weighted by Gasteiger charge is 2.23. The molecular formula is C17H24N4O. The summed E-state index contributed by atoms with van der Waals surface area (Å²) in [6.45, 7) is 5.95. The van der Waals surface area contributed by atoms with E-state index in [1.807, 2.05) is 44.2 Å². The Morgan fingerprint density at radius 1 is 1.32 bits per heavy atom. The Morgan fingerprint density at radius 2 is 2.05 bits per heavy atom. The van der Waals surface area contributed by atoms with Crippen LogP contribution in [0, 0.1) is 12.8 Å². The van der Waals surface area contributed by atoms with E-state index in [1.165, 1.54) is 0 Å². The second-order valence-electron chi connectivity index (χ2n) is 5.67. The predicted octanol–water partition coefficient (Wildman–Crippen LogP) is 3.15. The van der Waals surface area contributed by atoms with E-state index >= 15 is 0 Å². The Bertz CT molecular complexity index is 594. The van der Waals surface area contributed by atoms with E-state index in [1.54, 1.807) is 0 Å². The van der Waals surface area contributed by atoms with Gasteiger partial charge >= 0.3 is 0 Å². The Hall–Kier alpha value is -2.17. The second-order valence-corrected chi connectivity index (χ2v) is 5.67. The van der Waals surface area contributed by atoms with Crippen LogP contribution >= 0.6 is 0 Å². The van der Waals surface area contributed by atoms with Crippen molar-refractivity contribution in [3.8, 4) is 0 Å². The number of hydrogen-bond acceptors (Lipinski definition) is 3. The molecule has 2 rings (SSSR count). The molecule has 2 aromatic rings. The molecule has 0 saturated heterocycles. The van der Waals surface area contributed by atoms with Crippen LogP contribution in [-0.2, 0) is 4.79 Å². The van der Waals surface area contributed by atoms with Crippen LogP contribution in [0.1, 0.15) is 56.4 Å². The van der Waals surface area contributed by atoms with Crippen LogP contribution in [-0.4, -0.2) is 21.1 Å². The van der Waals surface area contributed by atoms with Gasteiger partial charge in [0.25, 0.3) is 0 Å². The quantitative estimate of drug-likeness (QED) is 0.825. The Kier molecular flexibility index (Phi) is 5.69. The van der Waals surface area contributed by atoms with Gasteiger partial charge in [0.05, 0.1) is 0 Å². The molecule has 22 heavy (non-hydrogen) atoms. The molecule has 1 aromatic heterocycles. The summed E-state index contributed by atoms with van der Waals surface area (Å²) in [6, 6.07) is 9.50. The van der Waals surface area contributed by atoms with Crippen LogP contribution in [0.2, 0.25) is 0 Å². The highest BCUT2D eigenvalue weighted by atomic mass is 16.1. The summed E-state index contributed by atoms with van der Waals surface area (Å²) in [5.74, 6) is 1.37. The number of aryl methyl sites for hydroxylation is 1. The van der Waals surface area contributed by atoms with Crippen molar-refractivity contribution in [1.82, 2.24) is 20.5 Å². The molecule has 1 aromatic carbocycles. The number of carbonyl (C=O) groups excluding carboxylic acids is 1. The molecule has 0 aliphatic rings. The molecule has 2 atom stereocenters. The fourth-order valence-electron chi connectivity index (χ4n) is 2.36. The first-order valence-electron chi connectivity index (χ1n) is 7.86. The van der Waals surface area contributed by atoms with Crippen LogP contribution in [0.15, 0.2) is 30.3 Å². The van der Waals surface area contributed by atoms with E-state index in [4.69, 9.17) is 0 Å². The summed E-state index contributed by atoms with van der Waals surface area (Å²) in [7, 11) is 0. The Balaban J connectivity index is 2.17. The lowest BCUT2D eigenvalue weighted by atomic mass is 10.0. The van der Waals surface area contributed by atoms with Crippen molar-refractivity contribution in [3.63, 3.8) is 0 Å².